The number of ketones is 1. The number of Topliss-reactive ketones (excluding diaryl/α,β-unsaturated/α-hetero) is 1. The van der Waals surface area contributed by atoms with Crippen molar-refractivity contribution in [2.24, 2.45) is 0 Å². The molecular weight excluding hydrogens is 214 g/mol. The predicted molar refractivity (Wildman–Crippen MR) is 65.3 cm³/mol. The van der Waals surface area contributed by atoms with Crippen LogP contribution in [0.15, 0.2) is 48.8 Å². The molecule has 1 aromatic carbocycles. The monoisotopic (exact) mass is 227 g/mol. The van der Waals surface area contributed by atoms with Crippen LogP contribution in [-0.2, 0) is 6.42 Å². The molecule has 0 atom stereocenters. The predicted octanol–water partition coefficient (Wildman–Crippen LogP) is 2.52. The molecule has 3 heteroatoms. The first-order valence-electron chi connectivity index (χ1n) is 5.36. The van der Waals surface area contributed by atoms with Crippen LogP contribution in [0.1, 0.15) is 15.9 Å². The van der Waals surface area contributed by atoms with Crippen LogP contribution in [-0.4, -0.2) is 17.9 Å². The number of hydrogen-bond acceptors (Lipinski definition) is 3. The summed E-state index contributed by atoms with van der Waals surface area (Å²) < 4.78 is 5.05. The Hall–Kier alpha value is -2.16. The van der Waals surface area contributed by atoms with Crippen LogP contribution in [0.3, 0.4) is 0 Å². The van der Waals surface area contributed by atoms with Crippen LogP contribution in [0.4, 0.5) is 0 Å². The topological polar surface area (TPSA) is 39.2 Å². The number of carbonyl (C=O) groups is 1. The first kappa shape index (κ1) is 11.3. The first-order valence-corrected chi connectivity index (χ1v) is 5.36. The summed E-state index contributed by atoms with van der Waals surface area (Å²) in [4.78, 5) is 15.9. The van der Waals surface area contributed by atoms with Crippen LogP contribution >= 0.6 is 0 Å². The summed E-state index contributed by atoms with van der Waals surface area (Å²) in [5.41, 5.74) is 1.61. The summed E-state index contributed by atoms with van der Waals surface area (Å²) in [6, 6.07) is 10.9. The van der Waals surface area contributed by atoms with Gasteiger partial charge in [0.05, 0.1) is 7.11 Å². The second kappa shape index (κ2) is 5.25. The van der Waals surface area contributed by atoms with Crippen molar-refractivity contribution in [1.29, 1.82) is 0 Å². The lowest BCUT2D eigenvalue weighted by molar-refractivity contribution is 0.0993. The number of benzene rings is 1. The number of pyridine rings is 1. The maximum atomic E-state index is 11.9. The van der Waals surface area contributed by atoms with E-state index in [1.807, 2.05) is 12.1 Å². The van der Waals surface area contributed by atoms with E-state index in [0.29, 0.717) is 12.0 Å². The third-order valence-corrected chi connectivity index (χ3v) is 2.50. The molecule has 0 radical (unpaired) electrons. The van der Waals surface area contributed by atoms with Gasteiger partial charge in [0.2, 0.25) is 0 Å². The maximum Gasteiger partial charge on any atom is 0.167 e. The van der Waals surface area contributed by atoms with Crippen LogP contribution < -0.4 is 4.74 Å². The number of rotatable bonds is 4. The molecule has 1 heterocycles. The number of hydrogen-bond donors (Lipinski definition) is 0. The van der Waals surface area contributed by atoms with E-state index in [1.165, 1.54) is 0 Å². The van der Waals surface area contributed by atoms with Crippen molar-refractivity contribution in [3.63, 3.8) is 0 Å². The molecule has 0 saturated carbocycles. The maximum absolute atomic E-state index is 11.9. The highest BCUT2D eigenvalue weighted by molar-refractivity contribution is 5.97. The van der Waals surface area contributed by atoms with Crippen molar-refractivity contribution >= 4 is 5.78 Å². The number of ether oxygens (including phenoxy) is 1. The van der Waals surface area contributed by atoms with Gasteiger partial charge in [-0.3, -0.25) is 9.78 Å². The molecular formula is C14H13NO2. The molecule has 0 spiro atoms. The van der Waals surface area contributed by atoms with E-state index in [2.05, 4.69) is 4.98 Å². The fraction of sp³-hybridized carbons (Fsp3) is 0.143. The molecule has 86 valence electrons. The quantitative estimate of drug-likeness (QED) is 0.753. The van der Waals surface area contributed by atoms with Crippen molar-refractivity contribution in [3.8, 4) is 5.75 Å². The Morgan fingerprint density at radius 2 is 2.00 bits per heavy atom. The van der Waals surface area contributed by atoms with Gasteiger partial charge in [0, 0.05) is 24.4 Å². The van der Waals surface area contributed by atoms with E-state index < -0.39 is 0 Å². The lowest BCUT2D eigenvalue weighted by Gasteiger charge is -2.03. The molecule has 0 aliphatic heterocycles. The molecule has 0 aliphatic rings. The van der Waals surface area contributed by atoms with E-state index in [1.54, 1.807) is 43.8 Å². The van der Waals surface area contributed by atoms with Crippen LogP contribution in [0, 0.1) is 0 Å². The van der Waals surface area contributed by atoms with Gasteiger partial charge in [0.15, 0.2) is 5.78 Å². The Balaban J connectivity index is 2.09. The van der Waals surface area contributed by atoms with E-state index in [9.17, 15) is 4.79 Å². The lowest BCUT2D eigenvalue weighted by Crippen LogP contribution is -2.03. The average Bonchev–Trinajstić information content (AvgIpc) is 2.40. The first-order chi connectivity index (χ1) is 8.29. The van der Waals surface area contributed by atoms with E-state index in [-0.39, 0.29) is 5.78 Å². The Labute approximate surface area is 100 Å². The molecule has 2 rings (SSSR count). The van der Waals surface area contributed by atoms with Gasteiger partial charge >= 0.3 is 0 Å². The van der Waals surface area contributed by atoms with Crippen molar-refractivity contribution in [2.75, 3.05) is 7.11 Å². The third-order valence-electron chi connectivity index (χ3n) is 2.50. The van der Waals surface area contributed by atoms with E-state index in [0.717, 1.165) is 11.3 Å². The SMILES string of the molecule is COc1ccc(C(=O)Cc2cccnc2)cc1. The van der Waals surface area contributed by atoms with E-state index in [4.69, 9.17) is 4.74 Å². The molecule has 0 aliphatic carbocycles. The highest BCUT2D eigenvalue weighted by Crippen LogP contribution is 2.13. The molecule has 0 fully saturated rings. The zero-order valence-electron chi connectivity index (χ0n) is 9.59. The van der Waals surface area contributed by atoms with Gasteiger partial charge in [-0.25, -0.2) is 0 Å². The highest BCUT2D eigenvalue weighted by Gasteiger charge is 2.06. The fourth-order valence-electron chi connectivity index (χ4n) is 1.57. The van der Waals surface area contributed by atoms with Crippen molar-refractivity contribution < 1.29 is 9.53 Å². The molecule has 0 unspecified atom stereocenters. The molecule has 2 aromatic rings. The van der Waals surface area contributed by atoms with Gasteiger partial charge in [0.1, 0.15) is 5.75 Å². The van der Waals surface area contributed by atoms with Crippen molar-refractivity contribution in [3.05, 3.63) is 59.9 Å². The van der Waals surface area contributed by atoms with Crippen molar-refractivity contribution in [1.82, 2.24) is 4.98 Å². The molecule has 0 N–H and O–H groups in total. The van der Waals surface area contributed by atoms with Gasteiger partial charge in [-0.1, -0.05) is 6.07 Å². The van der Waals surface area contributed by atoms with Gasteiger partial charge in [-0.05, 0) is 35.9 Å². The highest BCUT2D eigenvalue weighted by atomic mass is 16.5. The fourth-order valence-corrected chi connectivity index (χ4v) is 1.57. The Morgan fingerprint density at radius 3 is 2.59 bits per heavy atom. The normalized spacial score (nSPS) is 9.94. The number of nitrogens with zero attached hydrogens (tertiary/aromatic N) is 1. The lowest BCUT2D eigenvalue weighted by atomic mass is 10.0. The molecule has 17 heavy (non-hydrogen) atoms. The van der Waals surface area contributed by atoms with Gasteiger partial charge in [-0.2, -0.15) is 0 Å². The third kappa shape index (κ3) is 2.91. The van der Waals surface area contributed by atoms with Crippen molar-refractivity contribution in [2.45, 2.75) is 6.42 Å². The van der Waals surface area contributed by atoms with Crippen LogP contribution in [0.2, 0.25) is 0 Å². The second-order valence-electron chi connectivity index (χ2n) is 3.69. The Kier molecular flexibility index (Phi) is 3.50. The Bertz CT molecular complexity index is 491. The minimum atomic E-state index is 0.0839. The summed E-state index contributed by atoms with van der Waals surface area (Å²) in [6.07, 6.45) is 3.78. The number of methoxy groups -OCH3 is 1. The summed E-state index contributed by atoms with van der Waals surface area (Å²) in [5.74, 6) is 0.837. The molecule has 3 nitrogen and oxygen atoms in total. The molecule has 0 bridgehead atoms. The van der Waals surface area contributed by atoms with Crippen LogP contribution in [0.5, 0.6) is 5.75 Å². The second-order valence-corrected chi connectivity index (χ2v) is 3.69. The summed E-state index contributed by atoms with van der Waals surface area (Å²) >= 11 is 0. The summed E-state index contributed by atoms with van der Waals surface area (Å²) in [7, 11) is 1.60. The molecule has 1 aromatic heterocycles. The smallest absolute Gasteiger partial charge is 0.167 e. The summed E-state index contributed by atoms with van der Waals surface area (Å²) in [6.45, 7) is 0. The minimum absolute atomic E-state index is 0.0839. The largest absolute Gasteiger partial charge is 0.497 e. The number of carbonyl (C=O) groups excluding carboxylic acids is 1. The van der Waals surface area contributed by atoms with Gasteiger partial charge < -0.3 is 4.74 Å². The average molecular weight is 227 g/mol. The zero-order valence-corrected chi connectivity index (χ0v) is 9.59. The number of aromatic nitrogens is 1. The summed E-state index contributed by atoms with van der Waals surface area (Å²) in [5, 5.41) is 0. The Morgan fingerprint density at radius 1 is 1.24 bits per heavy atom. The molecule has 0 amide bonds. The zero-order chi connectivity index (χ0) is 12.1. The van der Waals surface area contributed by atoms with E-state index >= 15 is 0 Å². The van der Waals surface area contributed by atoms with Gasteiger partial charge in [0.25, 0.3) is 0 Å². The standard InChI is InChI=1S/C14H13NO2/c1-17-13-6-4-12(5-7-13)14(16)9-11-3-2-8-15-10-11/h2-8,10H,9H2,1H3. The minimum Gasteiger partial charge on any atom is -0.497 e. The van der Waals surface area contributed by atoms with Gasteiger partial charge in [-0.15, -0.1) is 0 Å². The molecule has 0 saturated heterocycles. The van der Waals surface area contributed by atoms with Crippen LogP contribution in [0.25, 0.3) is 0 Å².